The second-order valence-corrected chi connectivity index (χ2v) is 17.9. The van der Waals surface area contributed by atoms with Gasteiger partial charge in [0.1, 0.15) is 28.7 Å². The van der Waals surface area contributed by atoms with Gasteiger partial charge >= 0.3 is 0 Å². The number of benzene rings is 6. The molecule has 9 rings (SSSR count). The average molecular weight is 757 g/mol. The molecule has 6 aromatic rings. The minimum Gasteiger partial charge on any atom is -0.497 e. The standard InChI is InChI=1S/C52H52O5/c1-32-14-16-33(17-15-32)52(34-18-20-35(53-6)21-19-34)25-24-39-47-46(38-12-10-11-13-43(38)51(47)30-49(2,3)29-50(4,5)31-51)41-28-45(56-9)40(27-42(41)48(39)57-52)37-23-22-36(54-7)26-44(37)55-8/h10-28H,29-31H2,1-9H3. The van der Waals surface area contributed by atoms with Crippen molar-refractivity contribution in [1.82, 2.24) is 0 Å². The van der Waals surface area contributed by atoms with Crippen LogP contribution in [0.5, 0.6) is 28.7 Å². The monoisotopic (exact) mass is 756 g/mol. The van der Waals surface area contributed by atoms with Gasteiger partial charge in [0.05, 0.1) is 28.4 Å². The van der Waals surface area contributed by atoms with Crippen molar-refractivity contribution in [2.75, 3.05) is 28.4 Å². The quantitative estimate of drug-likeness (QED) is 0.162. The fraction of sp³-hybridized carbons (Fsp3) is 0.308. The lowest BCUT2D eigenvalue weighted by Gasteiger charge is -2.52. The summed E-state index contributed by atoms with van der Waals surface area (Å²) in [6, 6.07) is 36.6. The van der Waals surface area contributed by atoms with Gasteiger partial charge < -0.3 is 23.7 Å². The van der Waals surface area contributed by atoms with Gasteiger partial charge in [0, 0.05) is 44.7 Å². The summed E-state index contributed by atoms with van der Waals surface area (Å²) in [5, 5.41) is 2.14. The van der Waals surface area contributed by atoms with Gasteiger partial charge in [-0.25, -0.2) is 0 Å². The van der Waals surface area contributed by atoms with Crippen LogP contribution in [0.1, 0.15) is 80.3 Å². The molecule has 2 aliphatic carbocycles. The Morgan fingerprint density at radius 3 is 1.82 bits per heavy atom. The largest absolute Gasteiger partial charge is 0.497 e. The molecule has 0 aromatic heterocycles. The van der Waals surface area contributed by atoms with Gasteiger partial charge in [0.15, 0.2) is 5.60 Å². The average Bonchev–Trinajstić information content (AvgIpc) is 3.47. The molecular weight excluding hydrogens is 705 g/mol. The van der Waals surface area contributed by atoms with E-state index in [1.165, 1.54) is 27.8 Å². The maximum absolute atomic E-state index is 7.82. The van der Waals surface area contributed by atoms with Gasteiger partial charge in [0.25, 0.3) is 0 Å². The third kappa shape index (κ3) is 5.72. The summed E-state index contributed by atoms with van der Waals surface area (Å²) in [5.41, 5.74) is 10.7. The Balaban J connectivity index is 1.42. The molecule has 5 heteroatoms. The molecule has 5 nitrogen and oxygen atoms in total. The van der Waals surface area contributed by atoms with E-state index in [1.54, 1.807) is 28.4 Å². The third-order valence-corrected chi connectivity index (χ3v) is 12.8. The van der Waals surface area contributed by atoms with Crippen LogP contribution < -0.4 is 23.7 Å². The van der Waals surface area contributed by atoms with Gasteiger partial charge in [-0.15, -0.1) is 0 Å². The summed E-state index contributed by atoms with van der Waals surface area (Å²) in [6.07, 6.45) is 7.91. The van der Waals surface area contributed by atoms with Crippen LogP contribution in [0.15, 0.2) is 109 Å². The van der Waals surface area contributed by atoms with Crippen LogP contribution >= 0.6 is 0 Å². The lowest BCUT2D eigenvalue weighted by atomic mass is 9.52. The molecular formula is C52H52O5. The highest BCUT2D eigenvalue weighted by atomic mass is 16.5. The molecule has 1 saturated carbocycles. The first-order valence-corrected chi connectivity index (χ1v) is 20.0. The molecule has 1 heterocycles. The molecule has 57 heavy (non-hydrogen) atoms. The first kappa shape index (κ1) is 36.9. The molecule has 1 unspecified atom stereocenters. The maximum atomic E-state index is 7.82. The van der Waals surface area contributed by atoms with E-state index < -0.39 is 5.60 Å². The third-order valence-electron chi connectivity index (χ3n) is 12.8. The van der Waals surface area contributed by atoms with Gasteiger partial charge in [-0.05, 0) is 107 Å². The van der Waals surface area contributed by atoms with Crippen molar-refractivity contribution in [3.05, 3.63) is 143 Å². The summed E-state index contributed by atoms with van der Waals surface area (Å²) in [4.78, 5) is 0. The number of methoxy groups -OCH3 is 4. The van der Waals surface area contributed by atoms with E-state index in [1.807, 2.05) is 30.3 Å². The van der Waals surface area contributed by atoms with Gasteiger partial charge in [-0.1, -0.05) is 100.0 Å². The van der Waals surface area contributed by atoms with E-state index in [2.05, 4.69) is 120 Å². The summed E-state index contributed by atoms with van der Waals surface area (Å²) >= 11 is 0. The Hall–Kier alpha value is -5.68. The molecule has 1 spiro atoms. The fourth-order valence-electron chi connectivity index (χ4n) is 11.2. The fourth-order valence-corrected chi connectivity index (χ4v) is 11.2. The number of rotatable bonds is 7. The van der Waals surface area contributed by atoms with Crippen molar-refractivity contribution in [1.29, 1.82) is 0 Å². The van der Waals surface area contributed by atoms with Gasteiger partial charge in [-0.3, -0.25) is 0 Å². The van der Waals surface area contributed by atoms with E-state index >= 15 is 0 Å². The second kappa shape index (κ2) is 13.2. The van der Waals surface area contributed by atoms with Crippen molar-refractivity contribution in [3.63, 3.8) is 0 Å². The van der Waals surface area contributed by atoms with Gasteiger partial charge in [-0.2, -0.15) is 0 Å². The van der Waals surface area contributed by atoms with E-state index in [0.717, 1.165) is 80.9 Å². The Labute approximate surface area is 337 Å². The van der Waals surface area contributed by atoms with E-state index in [-0.39, 0.29) is 16.2 Å². The summed E-state index contributed by atoms with van der Waals surface area (Å²) in [7, 11) is 6.83. The van der Waals surface area contributed by atoms with Crippen LogP contribution in [-0.4, -0.2) is 28.4 Å². The molecule has 1 atom stereocenters. The molecule has 0 N–H and O–H groups in total. The molecule has 6 aromatic carbocycles. The number of ether oxygens (including phenoxy) is 5. The Kier molecular flexibility index (Phi) is 8.55. The Morgan fingerprint density at radius 2 is 1.18 bits per heavy atom. The van der Waals surface area contributed by atoms with Crippen LogP contribution in [0, 0.1) is 17.8 Å². The Morgan fingerprint density at radius 1 is 0.561 bits per heavy atom. The molecule has 0 amide bonds. The minimum absolute atomic E-state index is 0.110. The number of hydrogen-bond acceptors (Lipinski definition) is 5. The summed E-state index contributed by atoms with van der Waals surface area (Å²) in [5.74, 6) is 3.86. The highest BCUT2D eigenvalue weighted by Gasteiger charge is 2.55. The number of fused-ring (bicyclic) bond motifs is 10. The lowest BCUT2D eigenvalue weighted by Crippen LogP contribution is -2.44. The highest BCUT2D eigenvalue weighted by molar-refractivity contribution is 6.11. The van der Waals surface area contributed by atoms with Crippen molar-refractivity contribution >= 4 is 16.8 Å². The lowest BCUT2D eigenvalue weighted by molar-refractivity contribution is 0.0642. The molecule has 1 fully saturated rings. The SMILES string of the molecule is COc1ccc(C2(c3ccc(C)cc3)C=Cc3c4c(c5cc(OC)c(-c6ccc(OC)cc6OC)cc5c3O2)-c2ccccc2C42CC(C)(C)CC(C)(C)C2)cc1. The van der Waals surface area contributed by atoms with Crippen molar-refractivity contribution in [3.8, 4) is 51.0 Å². The second-order valence-electron chi connectivity index (χ2n) is 17.9. The van der Waals surface area contributed by atoms with Crippen molar-refractivity contribution < 1.29 is 23.7 Å². The van der Waals surface area contributed by atoms with Crippen LogP contribution in [-0.2, 0) is 11.0 Å². The van der Waals surface area contributed by atoms with E-state index in [9.17, 15) is 0 Å². The molecule has 0 saturated heterocycles. The zero-order valence-corrected chi connectivity index (χ0v) is 34.6. The zero-order valence-electron chi connectivity index (χ0n) is 34.6. The normalized spacial score (nSPS) is 19.3. The van der Waals surface area contributed by atoms with Crippen LogP contribution in [0.4, 0.5) is 0 Å². The topological polar surface area (TPSA) is 46.2 Å². The Bertz CT molecular complexity index is 2560. The first-order valence-electron chi connectivity index (χ1n) is 20.0. The highest BCUT2D eigenvalue weighted by Crippen LogP contribution is 2.67. The first-order chi connectivity index (χ1) is 27.4. The van der Waals surface area contributed by atoms with Crippen molar-refractivity contribution in [2.24, 2.45) is 10.8 Å². The molecule has 0 bridgehead atoms. The predicted molar refractivity (Wildman–Crippen MR) is 231 cm³/mol. The minimum atomic E-state index is -0.921. The molecule has 1 aliphatic heterocycles. The van der Waals surface area contributed by atoms with Crippen LogP contribution in [0.25, 0.3) is 39.1 Å². The maximum Gasteiger partial charge on any atom is 0.178 e. The molecule has 290 valence electrons. The molecule has 0 radical (unpaired) electrons. The smallest absolute Gasteiger partial charge is 0.178 e. The van der Waals surface area contributed by atoms with Crippen LogP contribution in [0.3, 0.4) is 0 Å². The molecule has 3 aliphatic rings. The summed E-state index contributed by atoms with van der Waals surface area (Å²) < 4.78 is 31.3. The van der Waals surface area contributed by atoms with Gasteiger partial charge in [0.2, 0.25) is 0 Å². The zero-order chi connectivity index (χ0) is 39.9. The van der Waals surface area contributed by atoms with Crippen molar-refractivity contribution in [2.45, 2.75) is 64.9 Å². The summed E-state index contributed by atoms with van der Waals surface area (Å²) in [6.45, 7) is 12.0. The number of aryl methyl sites for hydroxylation is 1. The van der Waals surface area contributed by atoms with E-state index in [4.69, 9.17) is 23.7 Å². The number of hydrogen-bond donors (Lipinski definition) is 0. The van der Waals surface area contributed by atoms with E-state index in [0.29, 0.717) is 5.75 Å². The van der Waals surface area contributed by atoms with Crippen LogP contribution in [0.2, 0.25) is 0 Å². The predicted octanol–water partition coefficient (Wildman–Crippen LogP) is 12.7.